The van der Waals surface area contributed by atoms with Gasteiger partial charge in [-0.15, -0.1) is 0 Å². The van der Waals surface area contributed by atoms with Crippen LogP contribution in [0.5, 0.6) is 0 Å². The van der Waals surface area contributed by atoms with E-state index in [0.717, 1.165) is 25.0 Å². The second-order valence-corrected chi connectivity index (χ2v) is 7.29. The molecule has 3 aromatic rings. The van der Waals surface area contributed by atoms with Crippen LogP contribution in [0.1, 0.15) is 25.3 Å². The molecule has 0 N–H and O–H groups in total. The zero-order chi connectivity index (χ0) is 20.1. The fourth-order valence-corrected chi connectivity index (χ4v) is 3.78. The molecule has 0 amide bonds. The summed E-state index contributed by atoms with van der Waals surface area (Å²) >= 11 is 6.31. The van der Waals surface area contributed by atoms with Crippen molar-refractivity contribution in [3.8, 4) is 11.1 Å². The third-order valence-electron chi connectivity index (χ3n) is 5.00. The molecule has 0 radical (unpaired) electrons. The summed E-state index contributed by atoms with van der Waals surface area (Å²) in [6.45, 7) is 3.34. The average Bonchev–Trinajstić information content (AvgIpc) is 3.08. The Balaban J connectivity index is 2.02. The van der Waals surface area contributed by atoms with Gasteiger partial charge < -0.3 is 4.90 Å². The zero-order valence-electron chi connectivity index (χ0n) is 14.8. The van der Waals surface area contributed by atoms with Gasteiger partial charge in [0.25, 0.3) is 5.78 Å². The summed E-state index contributed by atoms with van der Waals surface area (Å²) < 4.78 is 56.2. The highest BCUT2D eigenvalue weighted by atomic mass is 35.5. The predicted octanol–water partition coefficient (Wildman–Crippen LogP) is 4.84. The van der Waals surface area contributed by atoms with E-state index < -0.39 is 17.6 Å². The number of rotatable bonds is 2. The van der Waals surface area contributed by atoms with E-state index in [1.54, 1.807) is 0 Å². The number of halogens is 5. The van der Waals surface area contributed by atoms with Crippen LogP contribution in [-0.2, 0) is 6.18 Å². The summed E-state index contributed by atoms with van der Waals surface area (Å²) in [6, 6.07) is 2.34. The number of benzene rings is 1. The molecule has 5 nitrogen and oxygen atoms in total. The second-order valence-electron chi connectivity index (χ2n) is 6.93. The number of aromatic nitrogens is 4. The zero-order valence-corrected chi connectivity index (χ0v) is 15.6. The lowest BCUT2D eigenvalue weighted by Gasteiger charge is -2.33. The molecule has 4 rings (SSSR count). The number of anilines is 1. The first-order valence-electron chi connectivity index (χ1n) is 8.77. The Morgan fingerprint density at radius 2 is 1.89 bits per heavy atom. The quantitative estimate of drug-likeness (QED) is 0.445. The van der Waals surface area contributed by atoms with E-state index in [1.165, 1.54) is 10.8 Å². The summed E-state index contributed by atoms with van der Waals surface area (Å²) in [5.41, 5.74) is -1.35. The SMILES string of the molecule is CC1CCN(c2c(-c3cc(F)ccc3C(F)(F)F)c(Cl)nc3ncnn23)CC1. The minimum atomic E-state index is -4.68. The molecule has 1 fully saturated rings. The van der Waals surface area contributed by atoms with E-state index in [1.807, 2.05) is 4.90 Å². The van der Waals surface area contributed by atoms with Gasteiger partial charge in [-0.1, -0.05) is 18.5 Å². The largest absolute Gasteiger partial charge is 0.417 e. The molecule has 1 aliphatic heterocycles. The van der Waals surface area contributed by atoms with Gasteiger partial charge in [0.05, 0.1) is 11.1 Å². The third kappa shape index (κ3) is 3.28. The van der Waals surface area contributed by atoms with Gasteiger partial charge in [0.2, 0.25) is 0 Å². The number of piperidine rings is 1. The molecule has 2 aromatic heterocycles. The third-order valence-corrected chi connectivity index (χ3v) is 5.27. The van der Waals surface area contributed by atoms with Gasteiger partial charge in [0, 0.05) is 18.7 Å². The van der Waals surface area contributed by atoms with Crippen molar-refractivity contribution in [3.63, 3.8) is 0 Å². The highest BCUT2D eigenvalue weighted by Gasteiger charge is 2.36. The van der Waals surface area contributed by atoms with Gasteiger partial charge in [-0.25, -0.2) is 4.39 Å². The van der Waals surface area contributed by atoms with Crippen molar-refractivity contribution in [1.29, 1.82) is 0 Å². The van der Waals surface area contributed by atoms with Crippen molar-refractivity contribution >= 4 is 23.2 Å². The maximum absolute atomic E-state index is 14.0. The maximum atomic E-state index is 14.0. The molecular formula is C18H16ClF4N5. The lowest BCUT2D eigenvalue weighted by Crippen LogP contribution is -2.35. The molecule has 3 heterocycles. The molecule has 0 aliphatic carbocycles. The van der Waals surface area contributed by atoms with Gasteiger partial charge in [-0.3, -0.25) is 0 Å². The molecule has 0 saturated carbocycles. The van der Waals surface area contributed by atoms with Gasteiger partial charge in [0.1, 0.15) is 23.1 Å². The Hall–Kier alpha value is -2.42. The highest BCUT2D eigenvalue weighted by molar-refractivity contribution is 6.33. The van der Waals surface area contributed by atoms with E-state index in [9.17, 15) is 17.6 Å². The van der Waals surface area contributed by atoms with Crippen LogP contribution in [0.3, 0.4) is 0 Å². The monoisotopic (exact) mass is 413 g/mol. The standard InChI is InChI=1S/C18H16ClF4N5/c1-10-4-6-27(7-5-10)16-14(15(19)26-17-24-9-25-28(16)17)12-8-11(20)2-3-13(12)18(21,22)23/h2-3,8-10H,4-7H2,1H3. The van der Waals surface area contributed by atoms with Gasteiger partial charge >= 0.3 is 6.18 Å². The Morgan fingerprint density at radius 3 is 2.57 bits per heavy atom. The van der Waals surface area contributed by atoms with Crippen molar-refractivity contribution in [3.05, 3.63) is 41.1 Å². The molecule has 148 valence electrons. The number of hydrogen-bond donors (Lipinski definition) is 0. The second kappa shape index (κ2) is 6.88. The number of nitrogens with zero attached hydrogens (tertiary/aromatic N) is 5. The Bertz CT molecular complexity index is 1020. The van der Waals surface area contributed by atoms with Gasteiger partial charge in [-0.05, 0) is 37.0 Å². The van der Waals surface area contributed by atoms with Crippen molar-refractivity contribution in [1.82, 2.24) is 19.6 Å². The molecule has 10 heteroatoms. The fourth-order valence-electron chi connectivity index (χ4n) is 3.52. The van der Waals surface area contributed by atoms with Crippen LogP contribution in [0.15, 0.2) is 24.5 Å². The number of fused-ring (bicyclic) bond motifs is 1. The minimum absolute atomic E-state index is 0.000967. The summed E-state index contributed by atoms with van der Waals surface area (Å²) in [5, 5.41) is 3.95. The number of alkyl halides is 3. The lowest BCUT2D eigenvalue weighted by atomic mass is 9.97. The van der Waals surface area contributed by atoms with Crippen molar-refractivity contribution in [2.24, 2.45) is 5.92 Å². The van der Waals surface area contributed by atoms with Crippen LogP contribution < -0.4 is 4.90 Å². The number of hydrogen-bond acceptors (Lipinski definition) is 4. The first kappa shape index (κ1) is 18.9. The summed E-state index contributed by atoms with van der Waals surface area (Å²) in [6.07, 6.45) is -1.69. The molecule has 28 heavy (non-hydrogen) atoms. The van der Waals surface area contributed by atoms with Crippen molar-refractivity contribution in [2.45, 2.75) is 25.9 Å². The molecule has 1 saturated heterocycles. The minimum Gasteiger partial charge on any atom is -0.356 e. The molecule has 1 aromatic carbocycles. The predicted molar refractivity (Wildman–Crippen MR) is 96.8 cm³/mol. The Labute approximate surface area is 163 Å². The van der Waals surface area contributed by atoms with Crippen molar-refractivity contribution < 1.29 is 17.6 Å². The maximum Gasteiger partial charge on any atom is 0.417 e. The van der Waals surface area contributed by atoms with E-state index in [2.05, 4.69) is 22.0 Å². The average molecular weight is 414 g/mol. The van der Waals surface area contributed by atoms with Crippen molar-refractivity contribution in [2.75, 3.05) is 18.0 Å². The van der Waals surface area contributed by atoms with Gasteiger partial charge in [0.15, 0.2) is 0 Å². The lowest BCUT2D eigenvalue weighted by molar-refractivity contribution is -0.137. The molecule has 0 spiro atoms. The van der Waals surface area contributed by atoms with Crippen LogP contribution in [0.4, 0.5) is 23.4 Å². The van der Waals surface area contributed by atoms with Crippen LogP contribution in [0.2, 0.25) is 5.15 Å². The highest BCUT2D eigenvalue weighted by Crippen LogP contribution is 2.44. The van der Waals surface area contributed by atoms with Crippen LogP contribution in [-0.4, -0.2) is 32.7 Å². The van der Waals surface area contributed by atoms with Gasteiger partial charge in [-0.2, -0.15) is 32.8 Å². The van der Waals surface area contributed by atoms with E-state index >= 15 is 0 Å². The summed E-state index contributed by atoms with van der Waals surface area (Å²) in [7, 11) is 0. The topological polar surface area (TPSA) is 46.3 Å². The van der Waals surface area contributed by atoms with Crippen LogP contribution in [0, 0.1) is 11.7 Å². The fraction of sp³-hybridized carbons (Fsp3) is 0.389. The van der Waals surface area contributed by atoms with E-state index in [4.69, 9.17) is 11.6 Å². The van der Waals surface area contributed by atoms with Crippen LogP contribution in [0.25, 0.3) is 16.9 Å². The molecular weight excluding hydrogens is 398 g/mol. The first-order chi connectivity index (χ1) is 13.3. The molecule has 0 atom stereocenters. The van der Waals surface area contributed by atoms with Crippen LogP contribution >= 0.6 is 11.6 Å². The smallest absolute Gasteiger partial charge is 0.356 e. The first-order valence-corrected chi connectivity index (χ1v) is 9.15. The molecule has 0 unspecified atom stereocenters. The van der Waals surface area contributed by atoms with E-state index in [-0.39, 0.29) is 22.1 Å². The Kier molecular flexibility index (Phi) is 4.65. The normalized spacial score (nSPS) is 16.1. The molecule has 1 aliphatic rings. The molecule has 0 bridgehead atoms. The summed E-state index contributed by atoms with van der Waals surface area (Å²) in [4.78, 5) is 9.99. The van der Waals surface area contributed by atoms with E-state index in [0.29, 0.717) is 30.9 Å². The summed E-state index contributed by atoms with van der Waals surface area (Å²) in [5.74, 6) is 0.224. The Morgan fingerprint density at radius 1 is 1.18 bits per heavy atom.